The Morgan fingerprint density at radius 2 is 1.96 bits per heavy atom. The number of guanidine groups is 1. The average molecular weight is 488 g/mol. The molecular weight excluding hydrogens is 459 g/mol. The molecule has 0 radical (unpaired) electrons. The Morgan fingerprint density at radius 1 is 1.19 bits per heavy atom. The van der Waals surface area contributed by atoms with Gasteiger partial charge in [-0.1, -0.05) is 24.3 Å². The molecule has 1 heterocycles. The van der Waals surface area contributed by atoms with Gasteiger partial charge in [0.1, 0.15) is 0 Å². The van der Waals surface area contributed by atoms with E-state index in [0.29, 0.717) is 13.2 Å². The molecule has 0 saturated heterocycles. The van der Waals surface area contributed by atoms with Crippen LogP contribution < -0.4 is 10.6 Å². The molecule has 2 aromatic rings. The molecule has 144 valence electrons. The SMILES string of the molecule is CCNC(=NCc1ccccc1COCC)NCCc1ncc(C)s1.I. The van der Waals surface area contributed by atoms with Gasteiger partial charge in [-0.3, -0.25) is 0 Å². The summed E-state index contributed by atoms with van der Waals surface area (Å²) in [5.41, 5.74) is 2.39. The second kappa shape index (κ2) is 13.1. The highest BCUT2D eigenvalue weighted by atomic mass is 127. The van der Waals surface area contributed by atoms with Crippen LogP contribution in [0.5, 0.6) is 0 Å². The molecule has 1 aromatic heterocycles. The van der Waals surface area contributed by atoms with E-state index in [2.05, 4.69) is 41.6 Å². The van der Waals surface area contributed by atoms with Crippen molar-refractivity contribution in [1.82, 2.24) is 15.6 Å². The minimum absolute atomic E-state index is 0. The van der Waals surface area contributed by atoms with Crippen LogP contribution in [0.1, 0.15) is 34.9 Å². The number of benzene rings is 1. The summed E-state index contributed by atoms with van der Waals surface area (Å²) >= 11 is 1.75. The number of halogens is 1. The number of aliphatic imine (C=N–C) groups is 1. The van der Waals surface area contributed by atoms with Crippen molar-refractivity contribution in [3.05, 3.63) is 51.5 Å². The number of thiazole rings is 1. The summed E-state index contributed by atoms with van der Waals surface area (Å²) in [4.78, 5) is 10.4. The van der Waals surface area contributed by atoms with Crippen LogP contribution in [0, 0.1) is 6.92 Å². The van der Waals surface area contributed by atoms with Gasteiger partial charge >= 0.3 is 0 Å². The molecule has 5 nitrogen and oxygen atoms in total. The first kappa shape index (κ1) is 22.9. The third-order valence-corrected chi connectivity index (χ3v) is 4.60. The fourth-order valence-electron chi connectivity index (χ4n) is 2.38. The van der Waals surface area contributed by atoms with E-state index in [4.69, 9.17) is 9.73 Å². The van der Waals surface area contributed by atoms with Crippen molar-refractivity contribution in [3.63, 3.8) is 0 Å². The standard InChI is InChI=1S/C19H28N4OS.HI/c1-4-20-19(21-11-10-18-22-12-15(3)25-18)23-13-16-8-6-7-9-17(16)14-24-5-2;/h6-9,12H,4-5,10-11,13-14H2,1-3H3,(H2,20,21,23);1H. The van der Waals surface area contributed by atoms with E-state index in [1.165, 1.54) is 16.0 Å². The molecule has 26 heavy (non-hydrogen) atoms. The molecule has 2 N–H and O–H groups in total. The summed E-state index contributed by atoms with van der Waals surface area (Å²) in [7, 11) is 0. The number of nitrogens with zero attached hydrogens (tertiary/aromatic N) is 2. The fourth-order valence-corrected chi connectivity index (χ4v) is 3.16. The van der Waals surface area contributed by atoms with Crippen LogP contribution in [0.2, 0.25) is 0 Å². The first-order valence-electron chi connectivity index (χ1n) is 8.81. The maximum Gasteiger partial charge on any atom is 0.191 e. The van der Waals surface area contributed by atoms with Gasteiger partial charge in [0.15, 0.2) is 5.96 Å². The van der Waals surface area contributed by atoms with Gasteiger partial charge in [0.25, 0.3) is 0 Å². The number of ether oxygens (including phenoxy) is 1. The van der Waals surface area contributed by atoms with Crippen molar-refractivity contribution in [2.45, 2.75) is 40.3 Å². The quantitative estimate of drug-likeness (QED) is 0.320. The number of aromatic nitrogens is 1. The highest BCUT2D eigenvalue weighted by Gasteiger charge is 2.04. The van der Waals surface area contributed by atoms with Gasteiger partial charge in [-0.05, 0) is 31.9 Å². The van der Waals surface area contributed by atoms with E-state index in [1.807, 2.05) is 25.3 Å². The second-order valence-corrected chi connectivity index (χ2v) is 6.96. The maximum absolute atomic E-state index is 5.54. The zero-order chi connectivity index (χ0) is 17.9. The zero-order valence-corrected chi connectivity index (χ0v) is 18.9. The zero-order valence-electron chi connectivity index (χ0n) is 15.7. The van der Waals surface area contributed by atoms with Gasteiger partial charge in [0.05, 0.1) is 18.2 Å². The van der Waals surface area contributed by atoms with Gasteiger partial charge in [0, 0.05) is 37.2 Å². The molecule has 0 spiro atoms. The third-order valence-electron chi connectivity index (χ3n) is 3.63. The predicted octanol–water partition coefficient (Wildman–Crippen LogP) is 3.90. The summed E-state index contributed by atoms with van der Waals surface area (Å²) in [6.07, 6.45) is 2.83. The van der Waals surface area contributed by atoms with Crippen LogP contribution in [-0.4, -0.2) is 30.6 Å². The lowest BCUT2D eigenvalue weighted by atomic mass is 10.1. The van der Waals surface area contributed by atoms with Crippen LogP contribution in [-0.2, 0) is 24.3 Å². The normalized spacial score (nSPS) is 11.1. The lowest BCUT2D eigenvalue weighted by molar-refractivity contribution is 0.133. The Bertz CT molecular complexity index is 675. The smallest absolute Gasteiger partial charge is 0.191 e. The fraction of sp³-hybridized carbons (Fsp3) is 0.474. The van der Waals surface area contributed by atoms with Crippen molar-refractivity contribution in [3.8, 4) is 0 Å². The molecule has 0 aliphatic heterocycles. The van der Waals surface area contributed by atoms with Gasteiger partial charge < -0.3 is 15.4 Å². The Kier molecular flexibility index (Phi) is 11.5. The Hall–Kier alpha value is -1.19. The number of hydrogen-bond acceptors (Lipinski definition) is 4. The van der Waals surface area contributed by atoms with E-state index in [0.717, 1.165) is 37.1 Å². The molecule has 0 amide bonds. The summed E-state index contributed by atoms with van der Waals surface area (Å²) in [6.45, 7) is 9.81. The van der Waals surface area contributed by atoms with Crippen LogP contribution in [0.4, 0.5) is 0 Å². The Balaban J connectivity index is 0.00000338. The molecular formula is C19H29IN4OS. The summed E-state index contributed by atoms with van der Waals surface area (Å²) < 4.78 is 5.54. The van der Waals surface area contributed by atoms with E-state index < -0.39 is 0 Å². The molecule has 2 rings (SSSR count). The number of rotatable bonds is 9. The van der Waals surface area contributed by atoms with Crippen LogP contribution >= 0.6 is 35.3 Å². The highest BCUT2D eigenvalue weighted by molar-refractivity contribution is 14.0. The molecule has 0 saturated carbocycles. The summed E-state index contributed by atoms with van der Waals surface area (Å²) in [6, 6.07) is 8.30. The van der Waals surface area contributed by atoms with E-state index >= 15 is 0 Å². The lowest BCUT2D eigenvalue weighted by Crippen LogP contribution is -2.38. The van der Waals surface area contributed by atoms with Crippen molar-refractivity contribution < 1.29 is 4.74 Å². The molecule has 0 bridgehead atoms. The third kappa shape index (κ3) is 8.01. The predicted molar refractivity (Wildman–Crippen MR) is 121 cm³/mol. The molecule has 7 heteroatoms. The second-order valence-electron chi connectivity index (χ2n) is 5.64. The molecule has 0 aliphatic rings. The molecule has 0 unspecified atom stereocenters. The van der Waals surface area contributed by atoms with Crippen LogP contribution in [0.3, 0.4) is 0 Å². The first-order chi connectivity index (χ1) is 12.2. The number of nitrogens with one attached hydrogen (secondary N) is 2. The summed E-state index contributed by atoms with van der Waals surface area (Å²) in [5.74, 6) is 0.835. The largest absolute Gasteiger partial charge is 0.377 e. The molecule has 0 fully saturated rings. The van der Waals surface area contributed by atoms with Crippen molar-refractivity contribution in [1.29, 1.82) is 0 Å². The molecule has 0 atom stereocenters. The first-order valence-corrected chi connectivity index (χ1v) is 9.62. The van der Waals surface area contributed by atoms with Crippen LogP contribution in [0.25, 0.3) is 0 Å². The molecule has 0 aliphatic carbocycles. The Morgan fingerprint density at radius 3 is 2.62 bits per heavy atom. The van der Waals surface area contributed by atoms with Crippen molar-refractivity contribution in [2.75, 3.05) is 19.7 Å². The van der Waals surface area contributed by atoms with E-state index in [1.54, 1.807) is 11.3 Å². The molecule has 1 aromatic carbocycles. The topological polar surface area (TPSA) is 58.5 Å². The van der Waals surface area contributed by atoms with Crippen molar-refractivity contribution in [2.24, 2.45) is 4.99 Å². The van der Waals surface area contributed by atoms with Gasteiger partial charge in [0.2, 0.25) is 0 Å². The maximum atomic E-state index is 5.54. The number of hydrogen-bond donors (Lipinski definition) is 2. The Labute approximate surface area is 177 Å². The average Bonchev–Trinajstić information content (AvgIpc) is 3.03. The van der Waals surface area contributed by atoms with Crippen LogP contribution in [0.15, 0.2) is 35.5 Å². The van der Waals surface area contributed by atoms with Gasteiger partial charge in [-0.25, -0.2) is 9.98 Å². The minimum atomic E-state index is 0. The number of aryl methyl sites for hydroxylation is 1. The monoisotopic (exact) mass is 488 g/mol. The summed E-state index contributed by atoms with van der Waals surface area (Å²) in [5, 5.41) is 7.84. The lowest BCUT2D eigenvalue weighted by Gasteiger charge is -2.12. The van der Waals surface area contributed by atoms with Crippen molar-refractivity contribution >= 4 is 41.3 Å². The van der Waals surface area contributed by atoms with E-state index in [-0.39, 0.29) is 24.0 Å². The van der Waals surface area contributed by atoms with Gasteiger partial charge in [-0.15, -0.1) is 35.3 Å². The highest BCUT2D eigenvalue weighted by Crippen LogP contribution is 2.12. The van der Waals surface area contributed by atoms with E-state index in [9.17, 15) is 0 Å². The van der Waals surface area contributed by atoms with Gasteiger partial charge in [-0.2, -0.15) is 0 Å². The minimum Gasteiger partial charge on any atom is -0.377 e.